The molecule has 1 atom stereocenters. The molecule has 0 aliphatic heterocycles. The number of unbranched alkanes of at least 4 members (excludes halogenated alkanes) is 1. The van der Waals surface area contributed by atoms with Crippen LogP contribution in [0.25, 0.3) is 0 Å². The van der Waals surface area contributed by atoms with Crippen molar-refractivity contribution >= 4 is 0 Å². The lowest BCUT2D eigenvalue weighted by molar-refractivity contribution is 0.126. The molecule has 2 N–H and O–H groups in total. The first kappa shape index (κ1) is 8.98. The first-order valence-corrected chi connectivity index (χ1v) is 4.62. The van der Waals surface area contributed by atoms with E-state index in [9.17, 15) is 4.39 Å². The Bertz CT molecular complexity index is 123. The average molecular weight is 159 g/mol. The fraction of sp³-hybridized carbons (Fsp3) is 1.00. The minimum Gasteiger partial charge on any atom is -0.328 e. The number of nitrogens with two attached hydrogens (primary N) is 1. The molecule has 0 heterocycles. The molecule has 0 radical (unpaired) electrons. The van der Waals surface area contributed by atoms with Crippen LogP contribution in [-0.2, 0) is 0 Å². The molecular formula is C9H18FN. The van der Waals surface area contributed by atoms with Gasteiger partial charge in [0.25, 0.3) is 0 Å². The Labute approximate surface area is 68.2 Å². The fourth-order valence-electron chi connectivity index (χ4n) is 1.54. The highest BCUT2D eigenvalue weighted by Gasteiger charge is 2.43. The Morgan fingerprint density at radius 1 is 1.55 bits per heavy atom. The molecule has 1 nitrogen and oxygen atoms in total. The van der Waals surface area contributed by atoms with E-state index in [1.807, 2.05) is 0 Å². The van der Waals surface area contributed by atoms with Crippen molar-refractivity contribution in [2.45, 2.75) is 44.7 Å². The van der Waals surface area contributed by atoms with Gasteiger partial charge >= 0.3 is 0 Å². The molecular weight excluding hydrogens is 141 g/mol. The van der Waals surface area contributed by atoms with Gasteiger partial charge in [0.15, 0.2) is 0 Å². The van der Waals surface area contributed by atoms with E-state index in [-0.39, 0.29) is 6.54 Å². The largest absolute Gasteiger partial charge is 0.328 e. The maximum Gasteiger partial charge on any atom is 0.126 e. The SMILES string of the molecule is CCCCC(F)(CN)C1CC1. The minimum absolute atomic E-state index is 0.220. The molecule has 0 aromatic rings. The molecule has 2 heteroatoms. The van der Waals surface area contributed by atoms with E-state index in [1.54, 1.807) is 0 Å². The second-order valence-electron chi connectivity index (χ2n) is 3.62. The molecule has 0 amide bonds. The van der Waals surface area contributed by atoms with Crippen molar-refractivity contribution in [3.63, 3.8) is 0 Å². The summed E-state index contributed by atoms with van der Waals surface area (Å²) >= 11 is 0. The third-order valence-corrected chi connectivity index (χ3v) is 2.59. The summed E-state index contributed by atoms with van der Waals surface area (Å²) in [5, 5.41) is 0. The molecule has 0 aromatic heterocycles. The molecule has 0 spiro atoms. The van der Waals surface area contributed by atoms with Gasteiger partial charge in [0, 0.05) is 6.54 Å². The number of rotatable bonds is 5. The van der Waals surface area contributed by atoms with Crippen LogP contribution in [0, 0.1) is 5.92 Å². The van der Waals surface area contributed by atoms with Crippen molar-refractivity contribution in [3.8, 4) is 0 Å². The van der Waals surface area contributed by atoms with Gasteiger partial charge in [-0.1, -0.05) is 19.8 Å². The van der Waals surface area contributed by atoms with Crippen molar-refractivity contribution in [2.24, 2.45) is 11.7 Å². The number of halogens is 1. The van der Waals surface area contributed by atoms with E-state index >= 15 is 0 Å². The molecule has 66 valence electrons. The Hall–Kier alpha value is -0.110. The minimum atomic E-state index is -1.02. The smallest absolute Gasteiger partial charge is 0.126 e. The topological polar surface area (TPSA) is 26.0 Å². The lowest BCUT2D eigenvalue weighted by Crippen LogP contribution is -2.35. The predicted octanol–water partition coefficient (Wildman–Crippen LogP) is 2.25. The van der Waals surface area contributed by atoms with E-state index in [1.165, 1.54) is 0 Å². The first-order chi connectivity index (χ1) is 5.23. The summed E-state index contributed by atoms with van der Waals surface area (Å²) < 4.78 is 13.8. The van der Waals surface area contributed by atoms with E-state index < -0.39 is 5.67 Å². The van der Waals surface area contributed by atoms with Gasteiger partial charge in [0.05, 0.1) is 0 Å². The van der Waals surface area contributed by atoms with E-state index in [0.29, 0.717) is 12.3 Å². The highest BCUT2D eigenvalue weighted by atomic mass is 19.1. The monoisotopic (exact) mass is 159 g/mol. The van der Waals surface area contributed by atoms with Crippen LogP contribution in [0.4, 0.5) is 4.39 Å². The van der Waals surface area contributed by atoms with E-state index in [0.717, 1.165) is 25.7 Å². The maximum absolute atomic E-state index is 13.8. The Morgan fingerprint density at radius 3 is 2.55 bits per heavy atom. The van der Waals surface area contributed by atoms with Gasteiger partial charge in [0.2, 0.25) is 0 Å². The summed E-state index contributed by atoms with van der Waals surface area (Å²) in [5.41, 5.74) is 4.40. The van der Waals surface area contributed by atoms with Crippen molar-refractivity contribution in [3.05, 3.63) is 0 Å². The third-order valence-electron chi connectivity index (χ3n) is 2.59. The molecule has 0 aromatic carbocycles. The Balaban J connectivity index is 2.31. The van der Waals surface area contributed by atoms with Crippen LogP contribution in [0.2, 0.25) is 0 Å². The normalized spacial score (nSPS) is 23.2. The fourth-order valence-corrected chi connectivity index (χ4v) is 1.54. The second-order valence-corrected chi connectivity index (χ2v) is 3.62. The highest BCUT2D eigenvalue weighted by Crippen LogP contribution is 2.44. The van der Waals surface area contributed by atoms with Gasteiger partial charge in [-0.05, 0) is 25.2 Å². The molecule has 1 unspecified atom stereocenters. The standard InChI is InChI=1S/C9H18FN/c1-2-3-6-9(10,7-11)8-4-5-8/h8H,2-7,11H2,1H3. The zero-order valence-corrected chi connectivity index (χ0v) is 7.28. The van der Waals surface area contributed by atoms with E-state index in [2.05, 4.69) is 6.92 Å². The molecule has 0 bridgehead atoms. The summed E-state index contributed by atoms with van der Waals surface area (Å²) in [7, 11) is 0. The number of hydrogen-bond acceptors (Lipinski definition) is 1. The van der Waals surface area contributed by atoms with Gasteiger partial charge in [-0.15, -0.1) is 0 Å². The van der Waals surface area contributed by atoms with Crippen molar-refractivity contribution in [2.75, 3.05) is 6.54 Å². The van der Waals surface area contributed by atoms with Crippen LogP contribution < -0.4 is 5.73 Å². The van der Waals surface area contributed by atoms with Crippen molar-refractivity contribution < 1.29 is 4.39 Å². The summed E-state index contributed by atoms with van der Waals surface area (Å²) in [6.45, 7) is 2.31. The zero-order valence-electron chi connectivity index (χ0n) is 7.28. The summed E-state index contributed by atoms with van der Waals surface area (Å²) in [5.74, 6) is 0.291. The number of hydrogen-bond donors (Lipinski definition) is 1. The third kappa shape index (κ3) is 2.16. The molecule has 1 rings (SSSR count). The second kappa shape index (κ2) is 3.53. The summed E-state index contributed by atoms with van der Waals surface area (Å²) in [4.78, 5) is 0. The Kier molecular flexibility index (Phi) is 2.88. The Morgan fingerprint density at radius 2 is 2.18 bits per heavy atom. The van der Waals surface area contributed by atoms with Crippen LogP contribution in [0.3, 0.4) is 0 Å². The van der Waals surface area contributed by atoms with Crippen molar-refractivity contribution in [1.82, 2.24) is 0 Å². The molecule has 1 saturated carbocycles. The van der Waals surface area contributed by atoms with Crippen LogP contribution in [0.5, 0.6) is 0 Å². The van der Waals surface area contributed by atoms with Gasteiger partial charge in [-0.3, -0.25) is 0 Å². The number of alkyl halides is 1. The van der Waals surface area contributed by atoms with Gasteiger partial charge in [-0.25, -0.2) is 4.39 Å². The lowest BCUT2D eigenvalue weighted by atomic mass is 9.93. The predicted molar refractivity (Wildman–Crippen MR) is 45.1 cm³/mol. The molecule has 0 saturated heterocycles. The lowest BCUT2D eigenvalue weighted by Gasteiger charge is -2.22. The van der Waals surface area contributed by atoms with Crippen LogP contribution in [0.15, 0.2) is 0 Å². The summed E-state index contributed by atoms with van der Waals surface area (Å²) in [6.07, 6.45) is 4.82. The molecule has 11 heavy (non-hydrogen) atoms. The van der Waals surface area contributed by atoms with Gasteiger partial charge in [0.1, 0.15) is 5.67 Å². The van der Waals surface area contributed by atoms with Crippen molar-refractivity contribution in [1.29, 1.82) is 0 Å². The molecule has 1 aliphatic carbocycles. The van der Waals surface area contributed by atoms with E-state index in [4.69, 9.17) is 5.73 Å². The van der Waals surface area contributed by atoms with Crippen LogP contribution >= 0.6 is 0 Å². The molecule has 1 aliphatic rings. The highest BCUT2D eigenvalue weighted by molar-refractivity contribution is 4.95. The van der Waals surface area contributed by atoms with Crippen LogP contribution in [-0.4, -0.2) is 12.2 Å². The van der Waals surface area contributed by atoms with Gasteiger partial charge in [-0.2, -0.15) is 0 Å². The summed E-state index contributed by atoms with van der Waals surface area (Å²) in [6, 6.07) is 0. The molecule has 1 fully saturated rings. The first-order valence-electron chi connectivity index (χ1n) is 4.62. The van der Waals surface area contributed by atoms with Gasteiger partial charge < -0.3 is 5.73 Å². The zero-order chi connectivity index (χ0) is 8.32. The quantitative estimate of drug-likeness (QED) is 0.654. The average Bonchev–Trinajstić information content (AvgIpc) is 2.82. The van der Waals surface area contributed by atoms with Crippen LogP contribution in [0.1, 0.15) is 39.0 Å². The maximum atomic E-state index is 13.8.